The molecule has 1 atom stereocenters. The molecule has 23 heavy (non-hydrogen) atoms. The van der Waals surface area contributed by atoms with Gasteiger partial charge in [0.05, 0.1) is 22.8 Å². The summed E-state index contributed by atoms with van der Waals surface area (Å²) in [6, 6.07) is 9.32. The average molecular weight is 311 g/mol. The Kier molecular flexibility index (Phi) is 3.25. The van der Waals surface area contributed by atoms with Crippen LogP contribution in [0.4, 0.5) is 0 Å². The number of amides is 1. The Morgan fingerprint density at radius 3 is 3.00 bits per heavy atom. The first-order valence-corrected chi connectivity index (χ1v) is 7.70. The lowest BCUT2D eigenvalue weighted by Crippen LogP contribution is -2.35. The number of carbonyl (C=O) groups is 1. The Morgan fingerprint density at radius 2 is 2.17 bits per heavy atom. The number of imidazole rings is 1. The minimum atomic E-state index is -0.253. The minimum Gasteiger partial charge on any atom is -0.333 e. The van der Waals surface area contributed by atoms with Crippen LogP contribution in [0.2, 0.25) is 0 Å². The molecule has 1 aliphatic rings. The summed E-state index contributed by atoms with van der Waals surface area (Å²) in [6.07, 6.45) is 3.56. The number of nitrogens with zero attached hydrogens (tertiary/aromatic N) is 3. The van der Waals surface area contributed by atoms with Gasteiger partial charge in [0.2, 0.25) is 5.91 Å². The van der Waals surface area contributed by atoms with Crippen molar-refractivity contribution in [1.82, 2.24) is 24.6 Å². The Bertz CT molecular complexity index is 893. The SMILES string of the molecule is O=C(Cn1c(=O)[nH]c2ccccc21)N1CCCC1c1ccn[nH]1. The van der Waals surface area contributed by atoms with Crippen molar-refractivity contribution in [2.75, 3.05) is 6.54 Å². The highest BCUT2D eigenvalue weighted by Crippen LogP contribution is 2.30. The molecule has 0 aliphatic carbocycles. The van der Waals surface area contributed by atoms with Gasteiger partial charge in [-0.1, -0.05) is 12.1 Å². The van der Waals surface area contributed by atoms with Crippen molar-refractivity contribution in [3.63, 3.8) is 0 Å². The molecule has 0 radical (unpaired) electrons. The first-order chi connectivity index (χ1) is 11.2. The van der Waals surface area contributed by atoms with Crippen LogP contribution < -0.4 is 5.69 Å². The molecule has 1 aliphatic heterocycles. The third kappa shape index (κ3) is 2.34. The molecule has 4 rings (SSSR count). The molecule has 1 amide bonds. The molecule has 1 aromatic carbocycles. The first kappa shape index (κ1) is 13.8. The smallest absolute Gasteiger partial charge is 0.326 e. The summed E-state index contributed by atoms with van der Waals surface area (Å²) < 4.78 is 1.50. The summed E-state index contributed by atoms with van der Waals surface area (Å²) in [5.74, 6) is -0.0473. The topological polar surface area (TPSA) is 86.8 Å². The van der Waals surface area contributed by atoms with E-state index in [1.54, 1.807) is 6.20 Å². The number of likely N-dealkylation sites (tertiary alicyclic amines) is 1. The van der Waals surface area contributed by atoms with Crippen molar-refractivity contribution in [3.05, 3.63) is 52.7 Å². The van der Waals surface area contributed by atoms with Gasteiger partial charge in [-0.05, 0) is 31.0 Å². The Morgan fingerprint density at radius 1 is 1.30 bits per heavy atom. The number of carbonyl (C=O) groups excluding carboxylic acids is 1. The van der Waals surface area contributed by atoms with Crippen LogP contribution in [0.3, 0.4) is 0 Å². The van der Waals surface area contributed by atoms with Gasteiger partial charge in [0.25, 0.3) is 0 Å². The maximum Gasteiger partial charge on any atom is 0.326 e. The highest BCUT2D eigenvalue weighted by Gasteiger charge is 2.31. The molecule has 3 heterocycles. The zero-order chi connectivity index (χ0) is 15.8. The van der Waals surface area contributed by atoms with E-state index in [9.17, 15) is 9.59 Å². The van der Waals surface area contributed by atoms with Crippen molar-refractivity contribution in [3.8, 4) is 0 Å². The van der Waals surface area contributed by atoms with Crippen molar-refractivity contribution >= 4 is 16.9 Å². The maximum atomic E-state index is 12.7. The number of fused-ring (bicyclic) bond motifs is 1. The highest BCUT2D eigenvalue weighted by molar-refractivity contribution is 5.81. The van der Waals surface area contributed by atoms with Crippen LogP contribution in [0, 0.1) is 0 Å². The molecule has 0 saturated carbocycles. The number of aromatic nitrogens is 4. The van der Waals surface area contributed by atoms with Crippen LogP contribution in [0.25, 0.3) is 11.0 Å². The van der Waals surface area contributed by atoms with E-state index in [1.807, 2.05) is 35.2 Å². The van der Waals surface area contributed by atoms with Gasteiger partial charge in [-0.2, -0.15) is 5.10 Å². The molecular weight excluding hydrogens is 294 g/mol. The fourth-order valence-corrected chi connectivity index (χ4v) is 3.33. The highest BCUT2D eigenvalue weighted by atomic mass is 16.2. The van der Waals surface area contributed by atoms with E-state index in [-0.39, 0.29) is 24.2 Å². The van der Waals surface area contributed by atoms with Crippen LogP contribution in [0.5, 0.6) is 0 Å². The van der Waals surface area contributed by atoms with Gasteiger partial charge in [-0.25, -0.2) is 4.79 Å². The molecule has 2 aromatic heterocycles. The molecule has 1 fully saturated rings. The van der Waals surface area contributed by atoms with Gasteiger partial charge < -0.3 is 9.88 Å². The number of hydrogen-bond donors (Lipinski definition) is 2. The van der Waals surface area contributed by atoms with E-state index in [0.29, 0.717) is 6.54 Å². The zero-order valence-corrected chi connectivity index (χ0v) is 12.5. The normalized spacial score (nSPS) is 17.9. The van der Waals surface area contributed by atoms with Crippen molar-refractivity contribution in [2.24, 2.45) is 0 Å². The van der Waals surface area contributed by atoms with Gasteiger partial charge in [0.15, 0.2) is 0 Å². The molecule has 1 unspecified atom stereocenters. The van der Waals surface area contributed by atoms with E-state index in [0.717, 1.165) is 29.6 Å². The van der Waals surface area contributed by atoms with E-state index < -0.39 is 0 Å². The minimum absolute atomic E-state index is 0.0194. The molecule has 3 aromatic rings. The second kappa shape index (κ2) is 5.42. The third-order valence-corrected chi connectivity index (χ3v) is 4.43. The fraction of sp³-hybridized carbons (Fsp3) is 0.312. The van der Waals surface area contributed by atoms with Crippen LogP contribution in [0.1, 0.15) is 24.6 Å². The van der Waals surface area contributed by atoms with Crippen molar-refractivity contribution in [2.45, 2.75) is 25.4 Å². The molecule has 1 saturated heterocycles. The van der Waals surface area contributed by atoms with E-state index in [4.69, 9.17) is 0 Å². The summed E-state index contributed by atoms with van der Waals surface area (Å²) >= 11 is 0. The van der Waals surface area contributed by atoms with Crippen molar-refractivity contribution in [1.29, 1.82) is 0 Å². The molecular formula is C16H17N5O2. The number of aromatic amines is 2. The Balaban J connectivity index is 1.62. The van der Waals surface area contributed by atoms with Crippen LogP contribution in [-0.2, 0) is 11.3 Å². The molecule has 7 heteroatoms. The summed E-state index contributed by atoms with van der Waals surface area (Å²) in [6.45, 7) is 0.757. The van der Waals surface area contributed by atoms with Gasteiger partial charge >= 0.3 is 5.69 Å². The summed E-state index contributed by atoms with van der Waals surface area (Å²) in [7, 11) is 0. The van der Waals surface area contributed by atoms with Crippen molar-refractivity contribution < 1.29 is 4.79 Å². The van der Waals surface area contributed by atoms with Crippen LogP contribution >= 0.6 is 0 Å². The Labute approximate surface area is 131 Å². The second-order valence-corrected chi connectivity index (χ2v) is 5.79. The van der Waals surface area contributed by atoms with Crippen LogP contribution in [0.15, 0.2) is 41.3 Å². The lowest BCUT2D eigenvalue weighted by atomic mass is 10.1. The summed E-state index contributed by atoms with van der Waals surface area (Å²) in [5.41, 5.74) is 2.19. The van der Waals surface area contributed by atoms with E-state index >= 15 is 0 Å². The van der Waals surface area contributed by atoms with Gasteiger partial charge in [0, 0.05) is 12.7 Å². The number of hydrogen-bond acceptors (Lipinski definition) is 3. The lowest BCUT2D eigenvalue weighted by Gasteiger charge is -2.23. The Hall–Kier alpha value is -2.83. The monoisotopic (exact) mass is 311 g/mol. The number of rotatable bonds is 3. The second-order valence-electron chi connectivity index (χ2n) is 5.79. The molecule has 0 bridgehead atoms. The molecule has 118 valence electrons. The zero-order valence-electron chi connectivity index (χ0n) is 12.5. The standard InChI is InChI=1S/C16H17N5O2/c22-15(20-9-3-6-14(20)12-7-8-17-19-12)10-21-13-5-2-1-4-11(13)18-16(21)23/h1-2,4-5,7-8,14H,3,6,9-10H2,(H,17,19)(H,18,23). The largest absolute Gasteiger partial charge is 0.333 e. The number of para-hydroxylation sites is 2. The molecule has 7 nitrogen and oxygen atoms in total. The predicted molar refractivity (Wildman–Crippen MR) is 84.8 cm³/mol. The summed E-state index contributed by atoms with van der Waals surface area (Å²) in [5, 5.41) is 6.91. The summed E-state index contributed by atoms with van der Waals surface area (Å²) in [4.78, 5) is 29.5. The van der Waals surface area contributed by atoms with Gasteiger partial charge in [-0.3, -0.25) is 14.5 Å². The third-order valence-electron chi connectivity index (χ3n) is 4.43. The number of nitrogens with one attached hydrogen (secondary N) is 2. The number of benzene rings is 1. The van der Waals surface area contributed by atoms with E-state index in [2.05, 4.69) is 15.2 Å². The fourth-order valence-electron chi connectivity index (χ4n) is 3.33. The first-order valence-electron chi connectivity index (χ1n) is 7.70. The number of H-pyrrole nitrogens is 2. The predicted octanol–water partition coefficient (Wildman–Crippen LogP) is 1.42. The lowest BCUT2D eigenvalue weighted by molar-refractivity contribution is -0.132. The van der Waals surface area contributed by atoms with E-state index in [1.165, 1.54) is 4.57 Å². The van der Waals surface area contributed by atoms with Gasteiger partial charge in [0.1, 0.15) is 6.54 Å². The van der Waals surface area contributed by atoms with Crippen LogP contribution in [-0.4, -0.2) is 37.1 Å². The molecule has 2 N–H and O–H groups in total. The maximum absolute atomic E-state index is 12.7. The average Bonchev–Trinajstić information content (AvgIpc) is 3.26. The quantitative estimate of drug-likeness (QED) is 0.767. The van der Waals surface area contributed by atoms with Gasteiger partial charge in [-0.15, -0.1) is 0 Å². The molecule has 0 spiro atoms.